The number of nitrogens with zero attached hydrogens (tertiary/aromatic N) is 3. The van der Waals surface area contributed by atoms with Gasteiger partial charge in [0.05, 0.1) is 10.9 Å². The van der Waals surface area contributed by atoms with E-state index < -0.39 is 10.0 Å². The Bertz CT molecular complexity index is 878. The van der Waals surface area contributed by atoms with Gasteiger partial charge in [-0.15, -0.1) is 11.3 Å². The quantitative estimate of drug-likeness (QED) is 0.710. The molecule has 0 unspecified atom stereocenters. The minimum absolute atomic E-state index is 0.0182. The highest BCUT2D eigenvalue weighted by Gasteiger charge is 2.31. The molecule has 2 heterocycles. The van der Waals surface area contributed by atoms with Gasteiger partial charge < -0.3 is 4.90 Å². The lowest BCUT2D eigenvalue weighted by atomic mass is 10.2. The first-order valence-corrected chi connectivity index (χ1v) is 11.3. The van der Waals surface area contributed by atoms with Crippen molar-refractivity contribution in [3.8, 4) is 0 Å². The summed E-state index contributed by atoms with van der Waals surface area (Å²) < 4.78 is 27.4. The summed E-state index contributed by atoms with van der Waals surface area (Å²) in [6.45, 7) is 2.40. The molecule has 1 aromatic heterocycles. The summed E-state index contributed by atoms with van der Waals surface area (Å²) in [5.41, 5.74) is 1.15. The van der Waals surface area contributed by atoms with E-state index in [1.807, 2.05) is 42.3 Å². The van der Waals surface area contributed by atoms with Crippen molar-refractivity contribution in [1.29, 1.82) is 0 Å². The fraction of sp³-hybridized carbons (Fsp3) is 0.389. The van der Waals surface area contributed by atoms with Crippen LogP contribution in [-0.4, -0.2) is 68.2 Å². The highest BCUT2D eigenvalue weighted by atomic mass is 35.5. The third kappa shape index (κ3) is 5.08. The van der Waals surface area contributed by atoms with E-state index in [4.69, 9.17) is 11.6 Å². The van der Waals surface area contributed by atoms with Gasteiger partial charge >= 0.3 is 0 Å². The summed E-state index contributed by atoms with van der Waals surface area (Å²) in [5.74, 6) is 0.0182. The molecule has 1 aromatic carbocycles. The van der Waals surface area contributed by atoms with E-state index in [1.165, 1.54) is 10.4 Å². The normalized spacial score (nSPS) is 16.0. The summed E-state index contributed by atoms with van der Waals surface area (Å²) in [5, 5.41) is 0. The number of carbonyl (C=O) groups is 1. The number of benzene rings is 1. The Labute approximate surface area is 169 Å². The second kappa shape index (κ2) is 8.70. The van der Waals surface area contributed by atoms with Crippen molar-refractivity contribution < 1.29 is 13.2 Å². The second-order valence-corrected chi connectivity index (χ2v) is 10.4. The molecule has 27 heavy (non-hydrogen) atoms. The number of hydrogen-bond acceptors (Lipinski definition) is 5. The minimum Gasteiger partial charge on any atom is -0.339 e. The van der Waals surface area contributed by atoms with Crippen LogP contribution in [0.25, 0.3) is 0 Å². The molecule has 1 fully saturated rings. The topological polar surface area (TPSA) is 60.9 Å². The van der Waals surface area contributed by atoms with Gasteiger partial charge in [-0.25, -0.2) is 8.42 Å². The van der Waals surface area contributed by atoms with Crippen LogP contribution in [0, 0.1) is 0 Å². The number of rotatable bonds is 6. The largest absolute Gasteiger partial charge is 0.339 e. The van der Waals surface area contributed by atoms with Crippen LogP contribution in [0.2, 0.25) is 4.34 Å². The number of likely N-dealkylation sites (N-methyl/N-ethyl adjacent to an activating group) is 1. The van der Waals surface area contributed by atoms with Gasteiger partial charge in [0.25, 0.3) is 10.0 Å². The van der Waals surface area contributed by atoms with Gasteiger partial charge in [-0.05, 0) is 24.7 Å². The Balaban J connectivity index is 1.52. The lowest BCUT2D eigenvalue weighted by Gasteiger charge is -2.34. The number of amides is 1. The Morgan fingerprint density at radius 2 is 1.78 bits per heavy atom. The first-order chi connectivity index (χ1) is 12.9. The molecule has 0 spiro atoms. The monoisotopic (exact) mass is 427 g/mol. The summed E-state index contributed by atoms with van der Waals surface area (Å²) in [6.07, 6.45) is 0. The fourth-order valence-electron chi connectivity index (χ4n) is 3.02. The van der Waals surface area contributed by atoms with E-state index >= 15 is 0 Å². The molecule has 0 saturated carbocycles. The number of carbonyl (C=O) groups excluding carboxylic acids is 1. The zero-order valence-corrected chi connectivity index (χ0v) is 17.4. The predicted molar refractivity (Wildman–Crippen MR) is 107 cm³/mol. The average Bonchev–Trinajstić information content (AvgIpc) is 3.10. The average molecular weight is 428 g/mol. The molecular formula is C18H22ClN3O3S2. The van der Waals surface area contributed by atoms with Crippen molar-refractivity contribution in [1.82, 2.24) is 14.1 Å². The SMILES string of the molecule is CN(CC(=O)N1CCN(S(=O)(=O)c2ccc(Cl)s2)CC1)Cc1ccccc1. The van der Waals surface area contributed by atoms with Crippen molar-refractivity contribution in [3.63, 3.8) is 0 Å². The van der Waals surface area contributed by atoms with Crippen molar-refractivity contribution >= 4 is 38.9 Å². The van der Waals surface area contributed by atoms with Crippen molar-refractivity contribution in [2.45, 2.75) is 10.8 Å². The van der Waals surface area contributed by atoms with Crippen LogP contribution in [0.15, 0.2) is 46.7 Å². The molecule has 0 aliphatic carbocycles. The number of hydrogen-bond donors (Lipinski definition) is 0. The zero-order valence-electron chi connectivity index (χ0n) is 15.0. The third-order valence-electron chi connectivity index (χ3n) is 4.43. The molecule has 1 saturated heterocycles. The van der Waals surface area contributed by atoms with Crippen molar-refractivity contribution in [2.24, 2.45) is 0 Å². The molecule has 9 heteroatoms. The van der Waals surface area contributed by atoms with E-state index in [9.17, 15) is 13.2 Å². The van der Waals surface area contributed by atoms with Crippen LogP contribution in [0.5, 0.6) is 0 Å². The number of halogens is 1. The molecule has 0 atom stereocenters. The number of thiophene rings is 1. The maximum Gasteiger partial charge on any atom is 0.252 e. The molecule has 146 valence electrons. The molecule has 0 bridgehead atoms. The van der Waals surface area contributed by atoms with E-state index in [1.54, 1.807) is 11.0 Å². The molecule has 3 rings (SSSR count). The lowest BCUT2D eigenvalue weighted by molar-refractivity contribution is -0.133. The molecule has 1 amide bonds. The van der Waals surface area contributed by atoms with Crippen LogP contribution in [0.3, 0.4) is 0 Å². The molecule has 1 aliphatic heterocycles. The van der Waals surface area contributed by atoms with Gasteiger partial charge in [0.2, 0.25) is 5.91 Å². The van der Waals surface area contributed by atoms with Crippen LogP contribution >= 0.6 is 22.9 Å². The molecule has 0 N–H and O–H groups in total. The van der Waals surface area contributed by atoms with E-state index in [0.29, 0.717) is 43.6 Å². The van der Waals surface area contributed by atoms with E-state index in [-0.39, 0.29) is 10.1 Å². The van der Waals surface area contributed by atoms with Crippen LogP contribution in [0.1, 0.15) is 5.56 Å². The first kappa shape index (κ1) is 20.3. The van der Waals surface area contributed by atoms with Crippen LogP contribution in [-0.2, 0) is 21.4 Å². The van der Waals surface area contributed by atoms with Crippen LogP contribution in [0.4, 0.5) is 0 Å². The standard InChI is InChI=1S/C18H22ClN3O3S2/c1-20(13-15-5-3-2-4-6-15)14-17(23)21-9-11-22(12-10-21)27(24,25)18-8-7-16(19)26-18/h2-8H,9-14H2,1H3. The Kier molecular flexibility index (Phi) is 6.54. The van der Waals surface area contributed by atoms with E-state index in [2.05, 4.69) is 0 Å². The number of sulfonamides is 1. The maximum absolute atomic E-state index is 12.6. The Morgan fingerprint density at radius 1 is 1.11 bits per heavy atom. The van der Waals surface area contributed by atoms with Crippen molar-refractivity contribution in [2.75, 3.05) is 39.8 Å². The van der Waals surface area contributed by atoms with Gasteiger partial charge in [-0.1, -0.05) is 41.9 Å². The Hall–Kier alpha value is -1.45. The smallest absolute Gasteiger partial charge is 0.252 e. The van der Waals surface area contributed by atoms with Gasteiger partial charge in [0, 0.05) is 32.7 Å². The summed E-state index contributed by atoms with van der Waals surface area (Å²) in [7, 11) is -1.63. The molecule has 2 aromatic rings. The molecular weight excluding hydrogens is 406 g/mol. The lowest BCUT2D eigenvalue weighted by Crippen LogP contribution is -2.52. The fourth-order valence-corrected chi connectivity index (χ4v) is 6.08. The second-order valence-electron chi connectivity index (χ2n) is 6.50. The zero-order chi connectivity index (χ0) is 19.4. The van der Waals surface area contributed by atoms with Crippen LogP contribution < -0.4 is 0 Å². The maximum atomic E-state index is 12.6. The van der Waals surface area contributed by atoms with Gasteiger partial charge in [-0.2, -0.15) is 4.31 Å². The number of piperazine rings is 1. The Morgan fingerprint density at radius 3 is 2.37 bits per heavy atom. The molecule has 6 nitrogen and oxygen atoms in total. The highest BCUT2D eigenvalue weighted by Crippen LogP contribution is 2.28. The first-order valence-electron chi connectivity index (χ1n) is 8.62. The highest BCUT2D eigenvalue weighted by molar-refractivity contribution is 7.91. The van der Waals surface area contributed by atoms with Crippen molar-refractivity contribution in [3.05, 3.63) is 52.4 Å². The third-order valence-corrected chi connectivity index (χ3v) is 8.03. The molecule has 1 aliphatic rings. The van der Waals surface area contributed by atoms with Gasteiger partial charge in [0.1, 0.15) is 4.21 Å². The van der Waals surface area contributed by atoms with E-state index in [0.717, 1.165) is 16.9 Å². The molecule has 0 radical (unpaired) electrons. The van der Waals surface area contributed by atoms with Gasteiger partial charge in [0.15, 0.2) is 0 Å². The summed E-state index contributed by atoms with van der Waals surface area (Å²) >= 11 is 6.91. The predicted octanol–water partition coefficient (Wildman–Crippen LogP) is 2.37. The summed E-state index contributed by atoms with van der Waals surface area (Å²) in [6, 6.07) is 13.1. The van der Waals surface area contributed by atoms with Gasteiger partial charge in [-0.3, -0.25) is 9.69 Å². The minimum atomic E-state index is -3.54. The summed E-state index contributed by atoms with van der Waals surface area (Å²) in [4.78, 5) is 16.2.